The van der Waals surface area contributed by atoms with Gasteiger partial charge >= 0.3 is 0 Å². The molecule has 17 heavy (non-hydrogen) atoms. The quantitative estimate of drug-likeness (QED) is 0.828. The van der Waals surface area contributed by atoms with Gasteiger partial charge in [-0.15, -0.1) is 0 Å². The van der Waals surface area contributed by atoms with E-state index in [9.17, 15) is 0 Å². The van der Waals surface area contributed by atoms with Crippen LogP contribution in [0.5, 0.6) is 0 Å². The van der Waals surface area contributed by atoms with Crippen molar-refractivity contribution >= 4 is 11.4 Å². The van der Waals surface area contributed by atoms with Crippen LogP contribution in [0.3, 0.4) is 0 Å². The minimum atomic E-state index is 0.317. The third kappa shape index (κ3) is 4.68. The summed E-state index contributed by atoms with van der Waals surface area (Å²) in [4.78, 5) is 2.35. The van der Waals surface area contributed by atoms with Crippen LogP contribution in [0.15, 0.2) is 24.3 Å². The van der Waals surface area contributed by atoms with Crippen LogP contribution in [0.25, 0.3) is 0 Å². The summed E-state index contributed by atoms with van der Waals surface area (Å²) in [5, 5.41) is 3.47. The average Bonchev–Trinajstić information content (AvgIpc) is 2.29. The van der Waals surface area contributed by atoms with Gasteiger partial charge in [-0.3, -0.25) is 0 Å². The molecule has 0 aliphatic rings. The van der Waals surface area contributed by atoms with Gasteiger partial charge < -0.3 is 10.2 Å². The van der Waals surface area contributed by atoms with Gasteiger partial charge in [0.2, 0.25) is 0 Å². The van der Waals surface area contributed by atoms with Crippen molar-refractivity contribution in [1.29, 1.82) is 0 Å². The van der Waals surface area contributed by atoms with Crippen molar-refractivity contribution in [2.24, 2.45) is 5.41 Å². The molecule has 96 valence electrons. The van der Waals surface area contributed by atoms with Crippen molar-refractivity contribution in [3.63, 3.8) is 0 Å². The molecule has 2 heteroatoms. The minimum absolute atomic E-state index is 0.317. The van der Waals surface area contributed by atoms with Gasteiger partial charge in [0, 0.05) is 31.0 Å². The lowest BCUT2D eigenvalue weighted by atomic mass is 9.97. The fourth-order valence-corrected chi connectivity index (χ4v) is 1.75. The van der Waals surface area contributed by atoms with Crippen molar-refractivity contribution in [1.82, 2.24) is 0 Å². The van der Waals surface area contributed by atoms with E-state index in [-0.39, 0.29) is 0 Å². The fraction of sp³-hybridized carbons (Fsp3) is 0.600. The molecule has 0 aliphatic heterocycles. The highest BCUT2D eigenvalue weighted by atomic mass is 15.1. The molecule has 0 bridgehead atoms. The normalized spacial score (nSPS) is 11.4. The first-order valence-electron chi connectivity index (χ1n) is 6.55. The third-order valence-corrected chi connectivity index (χ3v) is 2.82. The summed E-state index contributed by atoms with van der Waals surface area (Å²) in [5.74, 6) is 0. The highest BCUT2D eigenvalue weighted by Crippen LogP contribution is 2.19. The molecule has 0 aromatic heterocycles. The molecule has 0 heterocycles. The van der Waals surface area contributed by atoms with Crippen LogP contribution in [0.2, 0.25) is 0 Å². The van der Waals surface area contributed by atoms with E-state index >= 15 is 0 Å². The molecule has 0 spiro atoms. The smallest absolute Gasteiger partial charge is 0.0367 e. The summed E-state index contributed by atoms with van der Waals surface area (Å²) in [6.07, 6.45) is 0. The fourth-order valence-electron chi connectivity index (χ4n) is 1.75. The van der Waals surface area contributed by atoms with Crippen LogP contribution in [-0.2, 0) is 0 Å². The van der Waals surface area contributed by atoms with Crippen LogP contribution >= 0.6 is 0 Å². The number of nitrogens with zero attached hydrogens (tertiary/aromatic N) is 1. The number of anilines is 2. The summed E-state index contributed by atoms with van der Waals surface area (Å²) >= 11 is 0. The van der Waals surface area contributed by atoms with Crippen molar-refractivity contribution in [3.8, 4) is 0 Å². The summed E-state index contributed by atoms with van der Waals surface area (Å²) in [5.41, 5.74) is 2.82. The number of hydrogen-bond donors (Lipinski definition) is 1. The molecule has 1 N–H and O–H groups in total. The van der Waals surface area contributed by atoms with Crippen LogP contribution in [0, 0.1) is 5.41 Å². The van der Waals surface area contributed by atoms with E-state index in [1.54, 1.807) is 0 Å². The second kappa shape index (κ2) is 5.95. The van der Waals surface area contributed by atoms with Crippen molar-refractivity contribution in [2.75, 3.05) is 29.9 Å². The lowest BCUT2D eigenvalue weighted by molar-refractivity contribution is 0.443. The zero-order valence-electron chi connectivity index (χ0n) is 11.9. The van der Waals surface area contributed by atoms with E-state index in [2.05, 4.69) is 69.1 Å². The molecule has 0 amide bonds. The minimum Gasteiger partial charge on any atom is -0.385 e. The number of benzene rings is 1. The Morgan fingerprint density at radius 2 is 1.53 bits per heavy atom. The zero-order chi connectivity index (χ0) is 12.9. The molecular formula is C15H26N2. The number of nitrogens with one attached hydrogen (secondary N) is 1. The summed E-state index contributed by atoms with van der Waals surface area (Å²) in [6.45, 7) is 14.2. The zero-order valence-corrected chi connectivity index (χ0v) is 11.9. The van der Waals surface area contributed by atoms with Gasteiger partial charge in [-0.05, 0) is 43.5 Å². The summed E-state index contributed by atoms with van der Waals surface area (Å²) in [6, 6.07) is 8.72. The van der Waals surface area contributed by atoms with Gasteiger partial charge in [-0.25, -0.2) is 0 Å². The molecule has 1 rings (SSSR count). The Hall–Kier alpha value is -1.18. The van der Waals surface area contributed by atoms with Crippen LogP contribution < -0.4 is 10.2 Å². The molecule has 1 aromatic carbocycles. The van der Waals surface area contributed by atoms with Crippen molar-refractivity contribution < 1.29 is 0 Å². The Balaban J connectivity index is 2.62. The van der Waals surface area contributed by atoms with Gasteiger partial charge in [-0.1, -0.05) is 20.8 Å². The molecule has 0 fully saturated rings. The van der Waals surface area contributed by atoms with Gasteiger partial charge in [0.1, 0.15) is 0 Å². The first kappa shape index (κ1) is 13.9. The summed E-state index contributed by atoms with van der Waals surface area (Å²) < 4.78 is 0. The van der Waals surface area contributed by atoms with Gasteiger partial charge in [0.25, 0.3) is 0 Å². The molecule has 1 aromatic rings. The largest absolute Gasteiger partial charge is 0.385 e. The maximum atomic E-state index is 3.47. The second-order valence-electron chi connectivity index (χ2n) is 5.63. The molecule has 0 radical (unpaired) electrons. The SMILES string of the molecule is CCN(CC)c1ccc(NCC(C)(C)C)cc1. The molecule has 2 nitrogen and oxygen atoms in total. The average molecular weight is 234 g/mol. The van der Waals surface area contributed by atoms with Gasteiger partial charge in [0.05, 0.1) is 0 Å². The van der Waals surface area contributed by atoms with Gasteiger partial charge in [0.15, 0.2) is 0 Å². The first-order valence-corrected chi connectivity index (χ1v) is 6.55. The second-order valence-corrected chi connectivity index (χ2v) is 5.63. The standard InChI is InChI=1S/C15H26N2/c1-6-17(7-2)14-10-8-13(9-11-14)16-12-15(3,4)5/h8-11,16H,6-7,12H2,1-5H3. The maximum Gasteiger partial charge on any atom is 0.0367 e. The Morgan fingerprint density at radius 3 is 1.94 bits per heavy atom. The Kier molecular flexibility index (Phi) is 4.86. The van der Waals surface area contributed by atoms with Crippen LogP contribution in [-0.4, -0.2) is 19.6 Å². The van der Waals surface area contributed by atoms with E-state index in [0.29, 0.717) is 5.41 Å². The van der Waals surface area contributed by atoms with E-state index in [0.717, 1.165) is 19.6 Å². The molecule has 0 unspecified atom stereocenters. The lowest BCUT2D eigenvalue weighted by Gasteiger charge is -2.22. The van der Waals surface area contributed by atoms with E-state index in [1.165, 1.54) is 11.4 Å². The van der Waals surface area contributed by atoms with Crippen LogP contribution in [0.1, 0.15) is 34.6 Å². The van der Waals surface area contributed by atoms with E-state index in [4.69, 9.17) is 0 Å². The van der Waals surface area contributed by atoms with Crippen LogP contribution in [0.4, 0.5) is 11.4 Å². The molecule has 0 saturated heterocycles. The van der Waals surface area contributed by atoms with E-state index in [1.807, 2.05) is 0 Å². The maximum absolute atomic E-state index is 3.47. The van der Waals surface area contributed by atoms with Gasteiger partial charge in [-0.2, -0.15) is 0 Å². The lowest BCUT2D eigenvalue weighted by Crippen LogP contribution is -2.22. The monoisotopic (exact) mass is 234 g/mol. The summed E-state index contributed by atoms with van der Waals surface area (Å²) in [7, 11) is 0. The Bertz CT molecular complexity index is 318. The molecule has 0 atom stereocenters. The first-order chi connectivity index (χ1) is 7.96. The van der Waals surface area contributed by atoms with E-state index < -0.39 is 0 Å². The predicted molar refractivity (Wildman–Crippen MR) is 77.9 cm³/mol. The Morgan fingerprint density at radius 1 is 1.00 bits per heavy atom. The molecule has 0 saturated carbocycles. The molecule has 0 aliphatic carbocycles. The highest BCUT2D eigenvalue weighted by Gasteiger charge is 2.09. The highest BCUT2D eigenvalue weighted by molar-refractivity contribution is 5.55. The van der Waals surface area contributed by atoms with Crippen molar-refractivity contribution in [2.45, 2.75) is 34.6 Å². The topological polar surface area (TPSA) is 15.3 Å². The third-order valence-electron chi connectivity index (χ3n) is 2.82. The Labute approximate surface area is 106 Å². The number of rotatable bonds is 5. The number of hydrogen-bond acceptors (Lipinski definition) is 2. The van der Waals surface area contributed by atoms with Crippen molar-refractivity contribution in [3.05, 3.63) is 24.3 Å². The molecular weight excluding hydrogens is 208 g/mol. The predicted octanol–water partition coefficient (Wildman–Crippen LogP) is 3.99.